The number of aryl methyl sites for hydroxylation is 2. The Bertz CT molecular complexity index is 525. The molecule has 0 atom stereocenters. The smallest absolute Gasteiger partial charge is 0.358 e. The van der Waals surface area contributed by atoms with E-state index in [0.717, 1.165) is 6.07 Å². The molecule has 2 rings (SSSR count). The largest absolute Gasteiger partial charge is 0.851 e. The summed E-state index contributed by atoms with van der Waals surface area (Å²) in [6, 6.07) is 1.01. The van der Waals surface area contributed by atoms with Gasteiger partial charge in [-0.3, -0.25) is 9.36 Å². The van der Waals surface area contributed by atoms with Crippen molar-refractivity contribution in [1.82, 2.24) is 14.2 Å². The van der Waals surface area contributed by atoms with Gasteiger partial charge in [-0.2, -0.15) is 0 Å². The number of rotatable bonds is 0. The van der Waals surface area contributed by atoms with Crippen LogP contribution in [-0.2, 0) is 14.1 Å². The second-order valence-electron chi connectivity index (χ2n) is 2.83. The van der Waals surface area contributed by atoms with Gasteiger partial charge in [0.15, 0.2) is 0 Å². The van der Waals surface area contributed by atoms with Crippen LogP contribution in [0.2, 0.25) is 0 Å². The van der Waals surface area contributed by atoms with Gasteiger partial charge in [-0.05, 0) is 9.61 Å². The molecule has 0 saturated heterocycles. The van der Waals surface area contributed by atoms with Crippen molar-refractivity contribution in [3.63, 3.8) is 0 Å². The van der Waals surface area contributed by atoms with Crippen LogP contribution in [0.5, 0.6) is 5.88 Å². The van der Waals surface area contributed by atoms with Gasteiger partial charge >= 0.3 is 11.3 Å². The van der Waals surface area contributed by atoms with Crippen LogP contribution in [0.1, 0.15) is 0 Å². The molecule has 2 heterocycles. The minimum absolute atomic E-state index is 0.325. The first-order valence-corrected chi connectivity index (χ1v) is 3.71. The Hall–Kier alpha value is -1.85. The molecule has 0 aliphatic rings. The molecule has 2 aromatic heterocycles. The first-order valence-electron chi connectivity index (χ1n) is 3.71. The summed E-state index contributed by atoms with van der Waals surface area (Å²) in [5.41, 5.74) is -0.404. The zero-order chi connectivity index (χ0) is 9.59. The molecule has 68 valence electrons. The molecule has 0 unspecified atom stereocenters. The summed E-state index contributed by atoms with van der Waals surface area (Å²) in [6.07, 6.45) is 1.48. The fraction of sp³-hybridized carbons (Fsp3) is 0.286. The number of fused-ring (bicyclic) bond motifs is 1. The van der Waals surface area contributed by atoms with Crippen LogP contribution in [-0.4, -0.2) is 14.2 Å². The molecule has 0 aliphatic heterocycles. The zero-order valence-corrected chi connectivity index (χ0v) is 7.26. The van der Waals surface area contributed by atoms with Crippen LogP contribution >= 0.6 is 0 Å². The molecular formula is C7H8N4O2. The third-order valence-corrected chi connectivity index (χ3v) is 1.93. The second-order valence-corrected chi connectivity index (χ2v) is 2.83. The minimum atomic E-state index is -0.404. The van der Waals surface area contributed by atoms with Gasteiger partial charge in [0, 0.05) is 19.0 Å². The molecule has 0 spiro atoms. The molecule has 13 heavy (non-hydrogen) atoms. The van der Waals surface area contributed by atoms with Gasteiger partial charge < -0.3 is 5.11 Å². The SMILES string of the molecule is Cn1c([O-])cc(=O)n2nc[n+](C)c12. The van der Waals surface area contributed by atoms with Crippen molar-refractivity contribution in [3.8, 4) is 5.88 Å². The van der Waals surface area contributed by atoms with Crippen molar-refractivity contribution in [2.24, 2.45) is 14.1 Å². The first kappa shape index (κ1) is 7.78. The van der Waals surface area contributed by atoms with Gasteiger partial charge in [0.25, 0.3) is 0 Å². The molecule has 6 nitrogen and oxygen atoms in total. The van der Waals surface area contributed by atoms with Crippen LogP contribution in [0.15, 0.2) is 17.2 Å². The second kappa shape index (κ2) is 2.32. The molecule has 0 N–H and O–H groups in total. The predicted octanol–water partition coefficient (Wildman–Crippen LogP) is -2.07. The highest BCUT2D eigenvalue weighted by atomic mass is 16.3. The van der Waals surface area contributed by atoms with Gasteiger partial charge in [-0.25, -0.2) is 4.57 Å². The van der Waals surface area contributed by atoms with E-state index in [0.29, 0.717) is 5.78 Å². The topological polar surface area (TPSA) is 66.2 Å². The first-order chi connectivity index (χ1) is 6.11. The zero-order valence-electron chi connectivity index (χ0n) is 7.26. The predicted molar refractivity (Wildman–Crippen MR) is 41.1 cm³/mol. The van der Waals surface area contributed by atoms with Gasteiger partial charge in [0.2, 0.25) is 6.33 Å². The van der Waals surface area contributed by atoms with Crippen LogP contribution < -0.4 is 15.2 Å². The maximum atomic E-state index is 11.2. The molecule has 0 amide bonds. The average molecular weight is 180 g/mol. The van der Waals surface area contributed by atoms with Crippen molar-refractivity contribution < 1.29 is 9.67 Å². The van der Waals surface area contributed by atoms with Crippen molar-refractivity contribution in [1.29, 1.82) is 0 Å². The monoisotopic (exact) mass is 180 g/mol. The molecule has 0 radical (unpaired) electrons. The van der Waals surface area contributed by atoms with Crippen LogP contribution in [0.25, 0.3) is 5.78 Å². The molecule has 0 saturated carbocycles. The molecule has 0 aliphatic carbocycles. The number of nitrogens with zero attached hydrogens (tertiary/aromatic N) is 4. The molecule has 2 aromatic rings. The van der Waals surface area contributed by atoms with E-state index in [9.17, 15) is 9.90 Å². The summed E-state index contributed by atoms with van der Waals surface area (Å²) >= 11 is 0. The fourth-order valence-corrected chi connectivity index (χ4v) is 1.28. The number of aromatic nitrogens is 4. The van der Waals surface area contributed by atoms with Crippen molar-refractivity contribution in [2.45, 2.75) is 0 Å². The lowest BCUT2D eigenvalue weighted by molar-refractivity contribution is -0.649. The van der Waals surface area contributed by atoms with Gasteiger partial charge in [-0.1, -0.05) is 0 Å². The van der Waals surface area contributed by atoms with Crippen molar-refractivity contribution in [2.75, 3.05) is 0 Å². The maximum Gasteiger partial charge on any atom is 0.358 e. The van der Waals surface area contributed by atoms with Crippen LogP contribution in [0.4, 0.5) is 0 Å². The molecule has 0 aromatic carbocycles. The molecular weight excluding hydrogens is 172 g/mol. The highest BCUT2D eigenvalue weighted by Gasteiger charge is 2.12. The fourth-order valence-electron chi connectivity index (χ4n) is 1.28. The van der Waals surface area contributed by atoms with Gasteiger partial charge in [0.1, 0.15) is 0 Å². The average Bonchev–Trinajstić information content (AvgIpc) is 2.44. The van der Waals surface area contributed by atoms with Crippen LogP contribution in [0, 0.1) is 0 Å². The Morgan fingerprint density at radius 2 is 2.31 bits per heavy atom. The number of hydrogen-bond acceptors (Lipinski definition) is 3. The lowest BCUT2D eigenvalue weighted by Crippen LogP contribution is -2.32. The van der Waals surface area contributed by atoms with E-state index in [2.05, 4.69) is 5.10 Å². The lowest BCUT2D eigenvalue weighted by Gasteiger charge is -2.07. The van der Waals surface area contributed by atoms with Crippen molar-refractivity contribution in [3.05, 3.63) is 22.7 Å². The van der Waals surface area contributed by atoms with E-state index in [1.165, 1.54) is 15.4 Å². The summed E-state index contributed by atoms with van der Waals surface area (Å²) in [5.74, 6) is 0.145. The summed E-state index contributed by atoms with van der Waals surface area (Å²) < 4.78 is 4.17. The van der Waals surface area contributed by atoms with Crippen LogP contribution in [0.3, 0.4) is 0 Å². The van der Waals surface area contributed by atoms with E-state index in [1.807, 2.05) is 0 Å². The Balaban J connectivity index is 3.10. The summed E-state index contributed by atoms with van der Waals surface area (Å²) in [6.45, 7) is 0. The quantitative estimate of drug-likeness (QED) is 0.437. The highest BCUT2D eigenvalue weighted by molar-refractivity contribution is 5.25. The number of hydrogen-bond donors (Lipinski definition) is 0. The summed E-state index contributed by atoms with van der Waals surface area (Å²) in [7, 11) is 3.32. The van der Waals surface area contributed by atoms with Crippen molar-refractivity contribution >= 4 is 5.78 Å². The van der Waals surface area contributed by atoms with E-state index in [4.69, 9.17) is 0 Å². The summed E-state index contributed by atoms with van der Waals surface area (Å²) in [4.78, 5) is 11.2. The van der Waals surface area contributed by atoms with E-state index < -0.39 is 5.56 Å². The summed E-state index contributed by atoms with van der Waals surface area (Å²) in [5, 5.41) is 15.0. The lowest BCUT2D eigenvalue weighted by atomic mass is 10.6. The van der Waals surface area contributed by atoms with E-state index in [1.54, 1.807) is 18.7 Å². The Labute approximate surface area is 73.3 Å². The maximum absolute atomic E-state index is 11.2. The highest BCUT2D eigenvalue weighted by Crippen LogP contribution is 2.00. The molecule has 0 bridgehead atoms. The minimum Gasteiger partial charge on any atom is -0.851 e. The Kier molecular flexibility index (Phi) is 1.39. The molecule has 0 fully saturated rings. The van der Waals surface area contributed by atoms with Gasteiger partial charge in [-0.15, -0.1) is 0 Å². The third kappa shape index (κ3) is 0.915. The normalized spacial score (nSPS) is 10.9. The van der Waals surface area contributed by atoms with Gasteiger partial charge in [0.05, 0.1) is 7.05 Å². The Morgan fingerprint density at radius 3 is 3.00 bits per heavy atom. The third-order valence-electron chi connectivity index (χ3n) is 1.93. The van der Waals surface area contributed by atoms with E-state index in [-0.39, 0.29) is 5.88 Å². The molecule has 6 heteroatoms. The standard InChI is InChI=1S/C7H8N4O2/c1-9-4-8-11-6(13)3-5(12)10(2)7(9)11/h3-4H,1-2H3. The van der Waals surface area contributed by atoms with E-state index >= 15 is 0 Å². The Morgan fingerprint density at radius 1 is 1.62 bits per heavy atom.